The predicted molar refractivity (Wildman–Crippen MR) is 92.2 cm³/mol. The lowest BCUT2D eigenvalue weighted by atomic mass is 10.2. The molecule has 1 aromatic heterocycles. The second-order valence-corrected chi connectivity index (χ2v) is 6.56. The van der Waals surface area contributed by atoms with E-state index in [2.05, 4.69) is 15.2 Å². The van der Waals surface area contributed by atoms with E-state index >= 15 is 0 Å². The van der Waals surface area contributed by atoms with E-state index in [1.807, 2.05) is 24.3 Å². The first-order chi connectivity index (χ1) is 11.8. The molecule has 2 aromatic rings. The molecule has 24 heavy (non-hydrogen) atoms. The molecule has 1 saturated heterocycles. The molecule has 1 N–H and O–H groups in total. The lowest BCUT2D eigenvalue weighted by molar-refractivity contribution is 0.102. The highest BCUT2D eigenvalue weighted by Crippen LogP contribution is 2.33. The van der Waals surface area contributed by atoms with Crippen LogP contribution in [0.25, 0.3) is 0 Å². The molecule has 1 saturated carbocycles. The Morgan fingerprint density at radius 1 is 1.21 bits per heavy atom. The number of hydrogen-bond donors (Lipinski definition) is 1. The summed E-state index contributed by atoms with van der Waals surface area (Å²) in [7, 11) is 0. The minimum absolute atomic E-state index is 0.168. The van der Waals surface area contributed by atoms with E-state index in [0.717, 1.165) is 24.8 Å². The summed E-state index contributed by atoms with van der Waals surface area (Å²) in [5, 5.41) is 2.77. The second-order valence-electron chi connectivity index (χ2n) is 6.56. The molecule has 4 rings (SSSR count). The van der Waals surface area contributed by atoms with Gasteiger partial charge < -0.3 is 10.1 Å². The second kappa shape index (κ2) is 6.61. The van der Waals surface area contributed by atoms with Crippen LogP contribution >= 0.6 is 0 Å². The number of carbonyl (C=O) groups is 1. The summed E-state index contributed by atoms with van der Waals surface area (Å²) in [5.74, 6) is 2.12. The topological polar surface area (TPSA) is 54.2 Å². The van der Waals surface area contributed by atoms with E-state index < -0.39 is 0 Å². The van der Waals surface area contributed by atoms with Crippen molar-refractivity contribution in [2.45, 2.75) is 18.9 Å². The molecule has 2 aliphatic rings. The molecule has 124 valence electrons. The first kappa shape index (κ1) is 15.1. The van der Waals surface area contributed by atoms with E-state index in [0.29, 0.717) is 17.4 Å². The maximum absolute atomic E-state index is 12.2. The molecule has 0 radical (unpaired) electrons. The average molecular weight is 323 g/mol. The van der Waals surface area contributed by atoms with Gasteiger partial charge >= 0.3 is 0 Å². The van der Waals surface area contributed by atoms with Gasteiger partial charge in [0, 0.05) is 24.8 Å². The lowest BCUT2D eigenvalue weighted by Crippen LogP contribution is -2.14. The van der Waals surface area contributed by atoms with Crippen molar-refractivity contribution in [2.75, 3.05) is 25.0 Å². The SMILES string of the molecule is O=C(Nc1ccccn1)c1ccc(OCC2CN2CC2CC2)cc1. The van der Waals surface area contributed by atoms with Gasteiger partial charge in [0.1, 0.15) is 18.2 Å². The van der Waals surface area contributed by atoms with Gasteiger partial charge in [0.15, 0.2) is 0 Å². The van der Waals surface area contributed by atoms with Crippen LogP contribution in [0.4, 0.5) is 5.82 Å². The Balaban J connectivity index is 1.26. The molecule has 5 nitrogen and oxygen atoms in total. The number of pyridine rings is 1. The molecule has 0 spiro atoms. The van der Waals surface area contributed by atoms with Crippen molar-refractivity contribution in [3.63, 3.8) is 0 Å². The van der Waals surface area contributed by atoms with Crippen LogP contribution in [-0.4, -0.2) is 41.5 Å². The fraction of sp³-hybridized carbons (Fsp3) is 0.368. The Morgan fingerprint density at radius 3 is 2.75 bits per heavy atom. The summed E-state index contributed by atoms with van der Waals surface area (Å²) in [6.45, 7) is 3.12. The molecule has 2 unspecified atom stereocenters. The van der Waals surface area contributed by atoms with Crippen molar-refractivity contribution in [1.29, 1.82) is 0 Å². The van der Waals surface area contributed by atoms with Crippen LogP contribution < -0.4 is 10.1 Å². The third-order valence-corrected chi connectivity index (χ3v) is 4.48. The third kappa shape index (κ3) is 3.92. The maximum Gasteiger partial charge on any atom is 0.256 e. The van der Waals surface area contributed by atoms with Gasteiger partial charge in [-0.2, -0.15) is 0 Å². The smallest absolute Gasteiger partial charge is 0.256 e. The summed E-state index contributed by atoms with van der Waals surface area (Å²) >= 11 is 0. The summed E-state index contributed by atoms with van der Waals surface area (Å²) in [6, 6.07) is 13.2. The molecule has 1 amide bonds. The average Bonchev–Trinajstić information content (AvgIpc) is 3.53. The highest BCUT2D eigenvalue weighted by Gasteiger charge is 2.38. The molecule has 1 aliphatic heterocycles. The molecule has 1 aromatic carbocycles. The van der Waals surface area contributed by atoms with Crippen LogP contribution in [0.15, 0.2) is 48.7 Å². The van der Waals surface area contributed by atoms with E-state index in [9.17, 15) is 4.79 Å². The number of hydrogen-bond acceptors (Lipinski definition) is 4. The zero-order valence-corrected chi connectivity index (χ0v) is 13.5. The Hall–Kier alpha value is -2.40. The number of ether oxygens (including phenoxy) is 1. The molecule has 0 bridgehead atoms. The Bertz CT molecular complexity index is 698. The zero-order valence-electron chi connectivity index (χ0n) is 13.5. The van der Waals surface area contributed by atoms with Gasteiger partial charge in [-0.3, -0.25) is 9.69 Å². The molecule has 2 heterocycles. The molecule has 2 fully saturated rings. The fourth-order valence-electron chi connectivity index (χ4n) is 2.76. The van der Waals surface area contributed by atoms with Crippen molar-refractivity contribution in [1.82, 2.24) is 9.88 Å². The van der Waals surface area contributed by atoms with Gasteiger partial charge in [0.2, 0.25) is 0 Å². The maximum atomic E-state index is 12.2. The highest BCUT2D eigenvalue weighted by molar-refractivity contribution is 6.03. The first-order valence-electron chi connectivity index (χ1n) is 8.47. The summed E-state index contributed by atoms with van der Waals surface area (Å²) < 4.78 is 5.83. The van der Waals surface area contributed by atoms with Crippen molar-refractivity contribution in [2.24, 2.45) is 5.92 Å². The predicted octanol–water partition coefficient (Wildman–Crippen LogP) is 2.81. The summed E-state index contributed by atoms with van der Waals surface area (Å²) in [6.07, 6.45) is 4.44. The van der Waals surface area contributed by atoms with Crippen molar-refractivity contribution >= 4 is 11.7 Å². The summed E-state index contributed by atoms with van der Waals surface area (Å²) in [4.78, 5) is 18.7. The molecule has 2 atom stereocenters. The number of nitrogens with one attached hydrogen (secondary N) is 1. The number of rotatable bonds is 7. The Kier molecular flexibility index (Phi) is 4.17. The highest BCUT2D eigenvalue weighted by atomic mass is 16.5. The monoisotopic (exact) mass is 323 g/mol. The first-order valence-corrected chi connectivity index (χ1v) is 8.47. The number of aromatic nitrogens is 1. The number of amides is 1. The van der Waals surface area contributed by atoms with Crippen LogP contribution in [0.2, 0.25) is 0 Å². The normalized spacial score (nSPS) is 22.0. The van der Waals surface area contributed by atoms with Crippen molar-refractivity contribution in [3.05, 3.63) is 54.2 Å². The van der Waals surface area contributed by atoms with Gasteiger partial charge in [-0.15, -0.1) is 0 Å². The van der Waals surface area contributed by atoms with E-state index in [1.54, 1.807) is 24.4 Å². The third-order valence-electron chi connectivity index (χ3n) is 4.48. The quantitative estimate of drug-likeness (QED) is 0.796. The van der Waals surface area contributed by atoms with E-state index in [1.165, 1.54) is 19.4 Å². The van der Waals surface area contributed by atoms with Gasteiger partial charge in [0.05, 0.1) is 6.04 Å². The largest absolute Gasteiger partial charge is 0.492 e. The van der Waals surface area contributed by atoms with E-state index in [-0.39, 0.29) is 5.91 Å². The minimum Gasteiger partial charge on any atom is -0.492 e. The van der Waals surface area contributed by atoms with Crippen molar-refractivity contribution in [3.8, 4) is 5.75 Å². The Labute approximate surface area is 141 Å². The summed E-state index contributed by atoms with van der Waals surface area (Å²) in [5.41, 5.74) is 0.592. The number of nitrogens with zero attached hydrogens (tertiary/aromatic N) is 2. The van der Waals surface area contributed by atoms with Crippen LogP contribution in [-0.2, 0) is 0 Å². The number of benzene rings is 1. The van der Waals surface area contributed by atoms with Crippen LogP contribution in [0, 0.1) is 5.92 Å². The fourth-order valence-corrected chi connectivity index (χ4v) is 2.76. The minimum atomic E-state index is -0.168. The molecular weight excluding hydrogens is 302 g/mol. The van der Waals surface area contributed by atoms with Gasteiger partial charge in [0.25, 0.3) is 5.91 Å². The molecule has 5 heteroatoms. The van der Waals surface area contributed by atoms with E-state index in [4.69, 9.17) is 4.74 Å². The standard InChI is InChI=1S/C19H21N3O2/c23-19(21-18-3-1-2-10-20-18)15-6-8-17(9-7-15)24-13-16-12-22(16)11-14-4-5-14/h1-3,6-10,14,16H,4-5,11-13H2,(H,20,21,23). The van der Waals surface area contributed by atoms with Gasteiger partial charge in [-0.25, -0.2) is 4.98 Å². The number of carbonyl (C=O) groups excluding carboxylic acids is 1. The van der Waals surface area contributed by atoms with Crippen LogP contribution in [0.3, 0.4) is 0 Å². The lowest BCUT2D eigenvalue weighted by Gasteiger charge is -2.08. The number of anilines is 1. The van der Waals surface area contributed by atoms with Gasteiger partial charge in [-0.1, -0.05) is 6.07 Å². The molecular formula is C19H21N3O2. The molecule has 1 aliphatic carbocycles. The Morgan fingerprint density at radius 2 is 2.04 bits per heavy atom. The van der Waals surface area contributed by atoms with Gasteiger partial charge in [-0.05, 0) is 55.2 Å². The van der Waals surface area contributed by atoms with Crippen LogP contribution in [0.5, 0.6) is 5.75 Å². The zero-order chi connectivity index (χ0) is 16.4. The van der Waals surface area contributed by atoms with Crippen LogP contribution in [0.1, 0.15) is 23.2 Å². The van der Waals surface area contributed by atoms with Crippen molar-refractivity contribution < 1.29 is 9.53 Å².